The molecule has 17 heavy (non-hydrogen) atoms. The molecule has 0 amide bonds. The second-order valence-electron chi connectivity index (χ2n) is 3.62. The van der Waals surface area contributed by atoms with Gasteiger partial charge in [-0.05, 0) is 24.5 Å². The fraction of sp³-hybridized carbons (Fsp3) is 0.143. The van der Waals surface area contributed by atoms with E-state index in [1.165, 1.54) is 0 Å². The van der Waals surface area contributed by atoms with Crippen molar-refractivity contribution in [3.8, 4) is 0 Å². The van der Waals surface area contributed by atoms with E-state index in [1.54, 1.807) is 18.0 Å². The topological polar surface area (TPSA) is 30.0 Å². The first-order valence-electron chi connectivity index (χ1n) is 5.37. The number of benzene rings is 1. The molecule has 0 spiro atoms. The number of nitrogens with zero attached hydrogens (tertiary/aromatic N) is 1. The number of hydrogen-bond donors (Lipinski definition) is 0. The number of carbonyl (C=O) groups is 1. The standard InChI is InChI=1S/C14H13NOS/c1-17-14-8-3-2-7-12(14)13(16)10-11-6-4-5-9-15-11/h2-9H,10H2,1H3. The van der Waals surface area contributed by atoms with Gasteiger partial charge in [0.1, 0.15) is 0 Å². The lowest BCUT2D eigenvalue weighted by atomic mass is 10.1. The molecule has 0 aliphatic carbocycles. The Kier molecular flexibility index (Phi) is 3.94. The van der Waals surface area contributed by atoms with Crippen molar-refractivity contribution in [1.82, 2.24) is 4.98 Å². The van der Waals surface area contributed by atoms with Crippen LogP contribution in [0, 0.1) is 0 Å². The summed E-state index contributed by atoms with van der Waals surface area (Å²) in [5.41, 5.74) is 1.60. The third-order valence-electron chi connectivity index (χ3n) is 2.48. The summed E-state index contributed by atoms with van der Waals surface area (Å²) in [7, 11) is 0. The van der Waals surface area contributed by atoms with Crippen molar-refractivity contribution in [2.24, 2.45) is 0 Å². The molecule has 0 aliphatic rings. The summed E-state index contributed by atoms with van der Waals surface area (Å²) in [4.78, 5) is 17.3. The van der Waals surface area contributed by atoms with Crippen LogP contribution in [0.3, 0.4) is 0 Å². The molecular formula is C14H13NOS. The second kappa shape index (κ2) is 5.64. The van der Waals surface area contributed by atoms with Crippen LogP contribution >= 0.6 is 11.8 Å². The summed E-state index contributed by atoms with van der Waals surface area (Å²) in [5, 5.41) is 0. The number of hydrogen-bond acceptors (Lipinski definition) is 3. The molecule has 0 unspecified atom stereocenters. The Morgan fingerprint density at radius 3 is 2.65 bits per heavy atom. The monoisotopic (exact) mass is 243 g/mol. The molecule has 0 saturated carbocycles. The molecule has 0 bridgehead atoms. The zero-order chi connectivity index (χ0) is 12.1. The van der Waals surface area contributed by atoms with E-state index in [9.17, 15) is 4.79 Å². The third-order valence-corrected chi connectivity index (χ3v) is 3.27. The smallest absolute Gasteiger partial charge is 0.169 e. The Morgan fingerprint density at radius 2 is 1.94 bits per heavy atom. The molecule has 0 N–H and O–H groups in total. The van der Waals surface area contributed by atoms with Crippen LogP contribution in [0.25, 0.3) is 0 Å². The minimum absolute atomic E-state index is 0.119. The molecule has 1 aromatic carbocycles. The summed E-state index contributed by atoms with van der Waals surface area (Å²) < 4.78 is 0. The fourth-order valence-corrected chi connectivity index (χ4v) is 2.25. The molecule has 3 heteroatoms. The fourth-order valence-electron chi connectivity index (χ4n) is 1.64. The van der Waals surface area contributed by atoms with E-state index in [2.05, 4.69) is 4.98 Å². The lowest BCUT2D eigenvalue weighted by Crippen LogP contribution is -2.06. The number of rotatable bonds is 4. The average Bonchev–Trinajstić information content (AvgIpc) is 2.40. The molecule has 0 saturated heterocycles. The molecule has 1 aromatic heterocycles. The van der Waals surface area contributed by atoms with E-state index < -0.39 is 0 Å². The van der Waals surface area contributed by atoms with Gasteiger partial charge in [0.2, 0.25) is 0 Å². The summed E-state index contributed by atoms with van der Waals surface area (Å²) in [6.07, 6.45) is 4.05. The lowest BCUT2D eigenvalue weighted by molar-refractivity contribution is 0.0989. The van der Waals surface area contributed by atoms with Crippen LogP contribution < -0.4 is 0 Å². The van der Waals surface area contributed by atoms with Gasteiger partial charge in [0.05, 0.1) is 6.42 Å². The number of thioether (sulfide) groups is 1. The maximum absolute atomic E-state index is 12.1. The van der Waals surface area contributed by atoms with Crippen LogP contribution in [0.2, 0.25) is 0 Å². The molecule has 2 nitrogen and oxygen atoms in total. The summed E-state index contributed by atoms with van der Waals surface area (Å²) >= 11 is 1.59. The zero-order valence-electron chi connectivity index (χ0n) is 9.59. The van der Waals surface area contributed by atoms with Crippen molar-refractivity contribution in [2.45, 2.75) is 11.3 Å². The van der Waals surface area contributed by atoms with E-state index in [0.717, 1.165) is 16.2 Å². The van der Waals surface area contributed by atoms with Crippen molar-refractivity contribution in [3.63, 3.8) is 0 Å². The number of Topliss-reactive ketones (excluding diaryl/α,β-unsaturated/α-hetero) is 1. The first-order chi connectivity index (χ1) is 8.31. The minimum Gasteiger partial charge on any atom is -0.294 e. The Hall–Kier alpha value is -1.61. The molecule has 0 fully saturated rings. The quantitative estimate of drug-likeness (QED) is 0.610. The van der Waals surface area contributed by atoms with Gasteiger partial charge in [-0.2, -0.15) is 0 Å². The van der Waals surface area contributed by atoms with E-state index in [-0.39, 0.29) is 5.78 Å². The Labute approximate surface area is 105 Å². The van der Waals surface area contributed by atoms with Crippen LogP contribution in [0.4, 0.5) is 0 Å². The maximum Gasteiger partial charge on any atom is 0.169 e. The molecule has 2 rings (SSSR count). The molecule has 0 aliphatic heterocycles. The highest BCUT2D eigenvalue weighted by Gasteiger charge is 2.11. The van der Waals surface area contributed by atoms with Crippen LogP contribution in [0.1, 0.15) is 16.1 Å². The number of ketones is 1. The largest absolute Gasteiger partial charge is 0.294 e. The van der Waals surface area contributed by atoms with E-state index in [4.69, 9.17) is 0 Å². The van der Waals surface area contributed by atoms with Crippen LogP contribution in [0.15, 0.2) is 53.6 Å². The Balaban J connectivity index is 2.20. The van der Waals surface area contributed by atoms with E-state index in [1.807, 2.05) is 48.7 Å². The van der Waals surface area contributed by atoms with Crippen molar-refractivity contribution >= 4 is 17.5 Å². The van der Waals surface area contributed by atoms with Gasteiger partial charge in [0.25, 0.3) is 0 Å². The predicted molar refractivity (Wildman–Crippen MR) is 70.5 cm³/mol. The van der Waals surface area contributed by atoms with Crippen LogP contribution in [0.5, 0.6) is 0 Å². The van der Waals surface area contributed by atoms with E-state index in [0.29, 0.717) is 6.42 Å². The lowest BCUT2D eigenvalue weighted by Gasteiger charge is -2.05. The SMILES string of the molecule is CSc1ccccc1C(=O)Cc1ccccn1. The van der Waals surface area contributed by atoms with E-state index >= 15 is 0 Å². The molecule has 1 heterocycles. The van der Waals surface area contributed by atoms with Gasteiger partial charge in [-0.15, -0.1) is 11.8 Å². The Bertz CT molecular complexity index is 511. The van der Waals surface area contributed by atoms with Gasteiger partial charge in [-0.3, -0.25) is 9.78 Å². The van der Waals surface area contributed by atoms with Crippen molar-refractivity contribution in [2.75, 3.05) is 6.26 Å². The van der Waals surface area contributed by atoms with Crippen molar-refractivity contribution in [3.05, 3.63) is 59.9 Å². The van der Waals surface area contributed by atoms with Crippen molar-refractivity contribution < 1.29 is 4.79 Å². The highest BCUT2D eigenvalue weighted by molar-refractivity contribution is 7.98. The summed E-state index contributed by atoms with van der Waals surface area (Å²) in [6, 6.07) is 13.3. The van der Waals surface area contributed by atoms with Gasteiger partial charge in [0, 0.05) is 22.3 Å². The summed E-state index contributed by atoms with van der Waals surface area (Å²) in [5.74, 6) is 0.119. The highest BCUT2D eigenvalue weighted by Crippen LogP contribution is 2.21. The van der Waals surface area contributed by atoms with Crippen LogP contribution in [-0.2, 0) is 6.42 Å². The van der Waals surface area contributed by atoms with Gasteiger partial charge in [-0.1, -0.05) is 24.3 Å². The molecule has 0 radical (unpaired) electrons. The zero-order valence-corrected chi connectivity index (χ0v) is 10.4. The predicted octanol–water partition coefficient (Wildman–Crippen LogP) is 3.23. The van der Waals surface area contributed by atoms with Crippen LogP contribution in [-0.4, -0.2) is 17.0 Å². The number of aromatic nitrogens is 1. The summed E-state index contributed by atoms with van der Waals surface area (Å²) in [6.45, 7) is 0. The van der Waals surface area contributed by atoms with Crippen molar-refractivity contribution in [1.29, 1.82) is 0 Å². The molecule has 2 aromatic rings. The second-order valence-corrected chi connectivity index (χ2v) is 4.47. The number of pyridine rings is 1. The molecular weight excluding hydrogens is 230 g/mol. The Morgan fingerprint density at radius 1 is 1.18 bits per heavy atom. The number of carbonyl (C=O) groups excluding carboxylic acids is 1. The normalized spacial score (nSPS) is 10.2. The average molecular weight is 243 g/mol. The van der Waals surface area contributed by atoms with Gasteiger partial charge in [0.15, 0.2) is 5.78 Å². The first-order valence-corrected chi connectivity index (χ1v) is 6.60. The van der Waals surface area contributed by atoms with Gasteiger partial charge >= 0.3 is 0 Å². The first kappa shape index (κ1) is 11.9. The van der Waals surface area contributed by atoms with Gasteiger partial charge in [-0.25, -0.2) is 0 Å². The van der Waals surface area contributed by atoms with Gasteiger partial charge < -0.3 is 0 Å². The minimum atomic E-state index is 0.119. The third kappa shape index (κ3) is 2.94. The highest BCUT2D eigenvalue weighted by atomic mass is 32.2. The maximum atomic E-state index is 12.1. The molecule has 0 atom stereocenters. The molecule has 86 valence electrons.